The van der Waals surface area contributed by atoms with Crippen molar-refractivity contribution in [3.63, 3.8) is 0 Å². The van der Waals surface area contributed by atoms with E-state index >= 15 is 0 Å². The number of nitriles is 1. The van der Waals surface area contributed by atoms with Gasteiger partial charge in [-0.05, 0) is 42.7 Å². The zero-order valence-corrected chi connectivity index (χ0v) is 16.9. The Bertz CT molecular complexity index is 1020. The SMILES string of the molecule is Cc1nc(COc2ccc(C=C(C#N)C(=O)NCCc3ccccc3)cc2)cs1. The number of carbonyl (C=O) groups excluding carboxylic acids is 1. The van der Waals surface area contributed by atoms with Crippen LogP contribution in [-0.2, 0) is 17.8 Å². The monoisotopic (exact) mass is 403 g/mol. The van der Waals surface area contributed by atoms with E-state index in [1.54, 1.807) is 17.4 Å². The molecule has 0 unspecified atom stereocenters. The lowest BCUT2D eigenvalue weighted by molar-refractivity contribution is -0.117. The van der Waals surface area contributed by atoms with Gasteiger partial charge in [0.1, 0.15) is 24.0 Å². The second-order valence-electron chi connectivity index (χ2n) is 6.38. The fourth-order valence-corrected chi connectivity index (χ4v) is 3.26. The number of nitrogens with one attached hydrogen (secondary N) is 1. The van der Waals surface area contributed by atoms with Gasteiger partial charge < -0.3 is 10.1 Å². The largest absolute Gasteiger partial charge is 0.487 e. The van der Waals surface area contributed by atoms with Crippen LogP contribution in [0.3, 0.4) is 0 Å². The molecule has 0 saturated heterocycles. The second kappa shape index (κ2) is 10.2. The summed E-state index contributed by atoms with van der Waals surface area (Å²) < 4.78 is 5.71. The van der Waals surface area contributed by atoms with Crippen LogP contribution in [0.1, 0.15) is 21.8 Å². The Morgan fingerprint density at radius 2 is 1.97 bits per heavy atom. The van der Waals surface area contributed by atoms with Crippen molar-refractivity contribution >= 4 is 23.3 Å². The van der Waals surface area contributed by atoms with E-state index < -0.39 is 0 Å². The number of rotatable bonds is 8. The highest BCUT2D eigenvalue weighted by Crippen LogP contribution is 2.17. The van der Waals surface area contributed by atoms with Crippen LogP contribution in [0, 0.1) is 18.3 Å². The number of aryl methyl sites for hydroxylation is 1. The highest BCUT2D eigenvalue weighted by molar-refractivity contribution is 7.09. The van der Waals surface area contributed by atoms with Crippen LogP contribution in [0.25, 0.3) is 6.08 Å². The summed E-state index contributed by atoms with van der Waals surface area (Å²) in [6.07, 6.45) is 2.29. The van der Waals surface area contributed by atoms with Crippen molar-refractivity contribution in [1.29, 1.82) is 5.26 Å². The second-order valence-corrected chi connectivity index (χ2v) is 7.44. The van der Waals surface area contributed by atoms with E-state index in [9.17, 15) is 10.1 Å². The van der Waals surface area contributed by atoms with Gasteiger partial charge in [0.25, 0.3) is 5.91 Å². The Balaban J connectivity index is 1.53. The molecule has 1 heterocycles. The zero-order chi connectivity index (χ0) is 20.5. The molecule has 6 heteroatoms. The Morgan fingerprint density at radius 3 is 2.62 bits per heavy atom. The molecule has 0 aliphatic heterocycles. The molecule has 0 atom stereocenters. The average molecular weight is 404 g/mol. The van der Waals surface area contributed by atoms with Gasteiger partial charge in [0.05, 0.1) is 10.7 Å². The molecule has 29 heavy (non-hydrogen) atoms. The van der Waals surface area contributed by atoms with Gasteiger partial charge in [-0.3, -0.25) is 4.79 Å². The summed E-state index contributed by atoms with van der Waals surface area (Å²) in [6, 6.07) is 19.1. The Labute approximate surface area is 174 Å². The number of hydrogen-bond donors (Lipinski definition) is 1. The van der Waals surface area contributed by atoms with Crippen LogP contribution in [0.4, 0.5) is 0 Å². The predicted molar refractivity (Wildman–Crippen MR) is 114 cm³/mol. The molecule has 5 nitrogen and oxygen atoms in total. The van der Waals surface area contributed by atoms with E-state index in [1.807, 2.05) is 73.0 Å². The lowest BCUT2D eigenvalue weighted by Gasteiger charge is -2.06. The van der Waals surface area contributed by atoms with Crippen molar-refractivity contribution in [2.24, 2.45) is 0 Å². The van der Waals surface area contributed by atoms with Crippen molar-refractivity contribution in [2.75, 3.05) is 6.54 Å². The Morgan fingerprint density at radius 1 is 1.21 bits per heavy atom. The van der Waals surface area contributed by atoms with E-state index in [0.29, 0.717) is 18.9 Å². The fourth-order valence-electron chi connectivity index (χ4n) is 2.67. The molecular formula is C23H21N3O2S. The molecule has 3 aromatic rings. The van der Waals surface area contributed by atoms with Crippen molar-refractivity contribution in [2.45, 2.75) is 20.0 Å². The van der Waals surface area contributed by atoms with Crippen molar-refractivity contribution < 1.29 is 9.53 Å². The van der Waals surface area contributed by atoms with Gasteiger partial charge in [-0.2, -0.15) is 5.26 Å². The molecule has 0 saturated carbocycles. The highest BCUT2D eigenvalue weighted by Gasteiger charge is 2.08. The molecule has 0 aliphatic carbocycles. The first-order valence-corrected chi connectivity index (χ1v) is 10.1. The standard InChI is InChI=1S/C23H21N3O2S/c1-17-26-21(16-29-17)15-28-22-9-7-19(8-10-22)13-20(14-24)23(27)25-12-11-18-5-3-2-4-6-18/h2-10,13,16H,11-12,15H2,1H3,(H,25,27). The molecule has 1 aromatic heterocycles. The number of carbonyl (C=O) groups is 1. The minimum atomic E-state index is -0.373. The Hall–Kier alpha value is -3.43. The van der Waals surface area contributed by atoms with Crippen molar-refractivity contribution in [3.05, 3.63) is 87.4 Å². The van der Waals surface area contributed by atoms with Crippen LogP contribution >= 0.6 is 11.3 Å². The molecule has 0 radical (unpaired) electrons. The molecule has 1 N–H and O–H groups in total. The predicted octanol–water partition coefficient (Wildman–Crippen LogP) is 4.30. The number of benzene rings is 2. The van der Waals surface area contributed by atoms with Gasteiger partial charge in [-0.15, -0.1) is 11.3 Å². The summed E-state index contributed by atoms with van der Waals surface area (Å²) >= 11 is 1.59. The summed E-state index contributed by atoms with van der Waals surface area (Å²) in [7, 11) is 0. The summed E-state index contributed by atoms with van der Waals surface area (Å²) in [5.41, 5.74) is 2.87. The molecule has 146 valence electrons. The number of ether oxygens (including phenoxy) is 1. The van der Waals surface area contributed by atoms with Crippen LogP contribution in [0.2, 0.25) is 0 Å². The van der Waals surface area contributed by atoms with Gasteiger partial charge in [0.15, 0.2) is 0 Å². The summed E-state index contributed by atoms with van der Waals surface area (Å²) in [5, 5.41) is 15.1. The quantitative estimate of drug-likeness (QED) is 0.450. The number of aromatic nitrogens is 1. The lowest BCUT2D eigenvalue weighted by Crippen LogP contribution is -2.26. The topological polar surface area (TPSA) is 75.0 Å². The van der Waals surface area contributed by atoms with Crippen molar-refractivity contribution in [1.82, 2.24) is 10.3 Å². The Kier molecular flexibility index (Phi) is 7.15. The van der Waals surface area contributed by atoms with Gasteiger partial charge in [-0.1, -0.05) is 42.5 Å². The summed E-state index contributed by atoms with van der Waals surface area (Å²) in [6.45, 7) is 2.84. The molecule has 0 bridgehead atoms. The molecule has 3 rings (SSSR count). The van der Waals surface area contributed by atoms with E-state index in [2.05, 4.69) is 10.3 Å². The number of amides is 1. The maximum Gasteiger partial charge on any atom is 0.261 e. The third-order valence-electron chi connectivity index (χ3n) is 4.15. The third kappa shape index (κ3) is 6.30. The van der Waals surface area contributed by atoms with Crippen molar-refractivity contribution in [3.8, 4) is 11.8 Å². The normalized spacial score (nSPS) is 11.0. The van der Waals surface area contributed by atoms with Crippen LogP contribution in [-0.4, -0.2) is 17.4 Å². The van der Waals surface area contributed by atoms with E-state index in [-0.39, 0.29) is 11.5 Å². The highest BCUT2D eigenvalue weighted by atomic mass is 32.1. The first-order valence-electron chi connectivity index (χ1n) is 9.22. The van der Waals surface area contributed by atoms with Gasteiger partial charge in [0.2, 0.25) is 0 Å². The third-order valence-corrected chi connectivity index (χ3v) is 4.97. The first-order chi connectivity index (χ1) is 14.1. The number of hydrogen-bond acceptors (Lipinski definition) is 5. The molecule has 1 amide bonds. The number of thiazole rings is 1. The smallest absolute Gasteiger partial charge is 0.261 e. The van der Waals surface area contributed by atoms with Gasteiger partial charge in [-0.25, -0.2) is 4.98 Å². The molecule has 0 aliphatic rings. The molecule has 0 spiro atoms. The van der Waals surface area contributed by atoms with E-state index in [0.717, 1.165) is 28.2 Å². The van der Waals surface area contributed by atoms with Crippen LogP contribution in [0.5, 0.6) is 5.75 Å². The van der Waals surface area contributed by atoms with Crippen LogP contribution in [0.15, 0.2) is 65.6 Å². The molecular weight excluding hydrogens is 382 g/mol. The summed E-state index contributed by atoms with van der Waals surface area (Å²) in [4.78, 5) is 16.6. The average Bonchev–Trinajstić information content (AvgIpc) is 3.17. The minimum Gasteiger partial charge on any atom is -0.487 e. The van der Waals surface area contributed by atoms with E-state index in [1.165, 1.54) is 0 Å². The molecule has 0 fully saturated rings. The molecule has 2 aromatic carbocycles. The maximum absolute atomic E-state index is 12.3. The first kappa shape index (κ1) is 20.3. The summed E-state index contributed by atoms with van der Waals surface area (Å²) in [5.74, 6) is 0.335. The fraction of sp³-hybridized carbons (Fsp3) is 0.174. The van der Waals surface area contributed by atoms with E-state index in [4.69, 9.17) is 4.74 Å². The minimum absolute atomic E-state index is 0.0738. The van der Waals surface area contributed by atoms with Gasteiger partial charge in [0, 0.05) is 11.9 Å². The zero-order valence-electron chi connectivity index (χ0n) is 16.1. The maximum atomic E-state index is 12.3. The van der Waals surface area contributed by atoms with Crippen LogP contribution < -0.4 is 10.1 Å². The lowest BCUT2D eigenvalue weighted by atomic mass is 10.1. The van der Waals surface area contributed by atoms with Gasteiger partial charge >= 0.3 is 0 Å². The number of nitrogens with zero attached hydrogens (tertiary/aromatic N) is 2.